The highest BCUT2D eigenvalue weighted by Gasteiger charge is 2.11. The summed E-state index contributed by atoms with van der Waals surface area (Å²) >= 11 is 0. The van der Waals surface area contributed by atoms with Crippen LogP contribution in [0.1, 0.15) is 19.4 Å². The minimum absolute atomic E-state index is 0.0894. The first-order valence-electron chi connectivity index (χ1n) is 8.72. The highest BCUT2D eigenvalue weighted by Crippen LogP contribution is 2.33. The highest BCUT2D eigenvalue weighted by molar-refractivity contribution is 5.59. The van der Waals surface area contributed by atoms with Crippen molar-refractivity contribution in [3.05, 3.63) is 66.5 Å². The second-order valence-corrected chi connectivity index (χ2v) is 6.11. The lowest BCUT2D eigenvalue weighted by Gasteiger charge is -2.14. The van der Waals surface area contributed by atoms with Crippen LogP contribution in [0, 0.1) is 0 Å². The molecule has 26 heavy (non-hydrogen) atoms. The maximum atomic E-state index is 5.98. The van der Waals surface area contributed by atoms with Gasteiger partial charge in [-0.2, -0.15) is 0 Å². The Morgan fingerprint density at radius 1 is 1.00 bits per heavy atom. The van der Waals surface area contributed by atoms with Crippen LogP contribution in [-0.4, -0.2) is 22.6 Å². The van der Waals surface area contributed by atoms with Crippen LogP contribution in [0.4, 0.5) is 0 Å². The van der Waals surface area contributed by atoms with Gasteiger partial charge < -0.3 is 15.2 Å². The number of hydrogen-bond acceptors (Lipinski definition) is 5. The lowest BCUT2D eigenvalue weighted by Crippen LogP contribution is -2.17. The molecule has 2 N–H and O–H groups in total. The number of aromatic nitrogens is 2. The third-order valence-electron chi connectivity index (χ3n) is 3.79. The number of nitrogens with zero attached hydrogens (tertiary/aromatic N) is 2. The van der Waals surface area contributed by atoms with Crippen molar-refractivity contribution in [3.63, 3.8) is 0 Å². The van der Waals surface area contributed by atoms with Gasteiger partial charge in [-0.25, -0.2) is 9.97 Å². The average molecular weight is 349 g/mol. The molecule has 0 bridgehead atoms. The second kappa shape index (κ2) is 8.45. The predicted octanol–water partition coefficient (Wildman–Crippen LogP) is 4.22. The van der Waals surface area contributed by atoms with Crippen LogP contribution in [0.25, 0.3) is 11.3 Å². The van der Waals surface area contributed by atoms with Crippen molar-refractivity contribution in [3.8, 4) is 28.6 Å². The van der Waals surface area contributed by atoms with Crippen LogP contribution in [0.5, 0.6) is 17.4 Å². The third kappa shape index (κ3) is 4.58. The summed E-state index contributed by atoms with van der Waals surface area (Å²) in [6.07, 6.45) is 2.29. The van der Waals surface area contributed by atoms with E-state index in [-0.39, 0.29) is 6.04 Å². The van der Waals surface area contributed by atoms with Gasteiger partial charge in [0.25, 0.3) is 0 Å². The highest BCUT2D eigenvalue weighted by atomic mass is 16.5. The van der Waals surface area contributed by atoms with Gasteiger partial charge in [0, 0.05) is 17.7 Å². The Morgan fingerprint density at radius 3 is 2.54 bits per heavy atom. The van der Waals surface area contributed by atoms with Crippen molar-refractivity contribution >= 4 is 0 Å². The molecule has 1 atom stereocenters. The number of ether oxygens (including phenoxy) is 2. The Kier molecular flexibility index (Phi) is 5.81. The molecular formula is C21H23N3O2. The van der Waals surface area contributed by atoms with Crippen molar-refractivity contribution in [2.75, 3.05) is 6.61 Å². The van der Waals surface area contributed by atoms with Crippen molar-refractivity contribution in [1.82, 2.24) is 9.97 Å². The van der Waals surface area contributed by atoms with Crippen molar-refractivity contribution in [2.45, 2.75) is 26.3 Å². The van der Waals surface area contributed by atoms with Gasteiger partial charge in [0.05, 0.1) is 12.3 Å². The fourth-order valence-corrected chi connectivity index (χ4v) is 2.68. The number of rotatable bonds is 7. The Hall–Kier alpha value is -2.92. The van der Waals surface area contributed by atoms with Crippen LogP contribution >= 0.6 is 0 Å². The summed E-state index contributed by atoms with van der Waals surface area (Å²) in [5, 5.41) is 0. The van der Waals surface area contributed by atoms with Gasteiger partial charge in [-0.1, -0.05) is 36.4 Å². The van der Waals surface area contributed by atoms with E-state index in [1.54, 1.807) is 0 Å². The predicted molar refractivity (Wildman–Crippen MR) is 103 cm³/mol. The van der Waals surface area contributed by atoms with E-state index in [1.807, 2.05) is 68.4 Å². The first-order valence-corrected chi connectivity index (χ1v) is 8.72. The maximum Gasteiger partial charge on any atom is 0.223 e. The second-order valence-electron chi connectivity index (χ2n) is 6.11. The van der Waals surface area contributed by atoms with E-state index in [2.05, 4.69) is 9.97 Å². The molecule has 0 saturated carbocycles. The normalized spacial score (nSPS) is 11.8. The van der Waals surface area contributed by atoms with E-state index < -0.39 is 0 Å². The summed E-state index contributed by atoms with van der Waals surface area (Å²) in [5.41, 5.74) is 8.83. The van der Waals surface area contributed by atoms with E-state index >= 15 is 0 Å². The minimum Gasteiger partial charge on any atom is -0.490 e. The Labute approximate surface area is 153 Å². The zero-order valence-electron chi connectivity index (χ0n) is 15.1. The number of benzene rings is 2. The summed E-state index contributed by atoms with van der Waals surface area (Å²) in [7, 11) is 0. The Balaban J connectivity index is 1.86. The van der Waals surface area contributed by atoms with E-state index in [0.29, 0.717) is 24.0 Å². The van der Waals surface area contributed by atoms with E-state index in [4.69, 9.17) is 15.2 Å². The molecule has 3 rings (SSSR count). The van der Waals surface area contributed by atoms with E-state index in [1.165, 1.54) is 6.33 Å². The molecule has 0 aliphatic carbocycles. The lowest BCUT2D eigenvalue weighted by molar-refractivity contribution is 0.319. The third-order valence-corrected chi connectivity index (χ3v) is 3.79. The molecule has 5 heteroatoms. The molecule has 3 aromatic rings. The van der Waals surface area contributed by atoms with Gasteiger partial charge in [0.1, 0.15) is 6.33 Å². The van der Waals surface area contributed by atoms with Gasteiger partial charge >= 0.3 is 0 Å². The summed E-state index contributed by atoms with van der Waals surface area (Å²) in [6.45, 7) is 4.48. The summed E-state index contributed by atoms with van der Waals surface area (Å²) in [4.78, 5) is 8.54. The Morgan fingerprint density at radius 2 is 1.81 bits per heavy atom. The minimum atomic E-state index is 0.0894. The quantitative estimate of drug-likeness (QED) is 0.691. The van der Waals surface area contributed by atoms with Gasteiger partial charge in [-0.15, -0.1) is 0 Å². The molecule has 1 aromatic heterocycles. The topological polar surface area (TPSA) is 70.3 Å². The van der Waals surface area contributed by atoms with Crippen LogP contribution in [0.3, 0.4) is 0 Å². The molecule has 5 nitrogen and oxygen atoms in total. The molecule has 0 aliphatic heterocycles. The monoisotopic (exact) mass is 349 g/mol. The van der Waals surface area contributed by atoms with Gasteiger partial charge in [0.2, 0.25) is 5.88 Å². The van der Waals surface area contributed by atoms with Crippen molar-refractivity contribution in [2.24, 2.45) is 5.73 Å². The van der Waals surface area contributed by atoms with Gasteiger partial charge in [0.15, 0.2) is 11.5 Å². The molecule has 0 radical (unpaired) electrons. The molecule has 1 heterocycles. The molecule has 0 fully saturated rings. The fourth-order valence-electron chi connectivity index (χ4n) is 2.68. The zero-order chi connectivity index (χ0) is 18.4. The number of nitrogens with two attached hydrogens (primary N) is 1. The lowest BCUT2D eigenvalue weighted by atomic mass is 10.1. The molecule has 0 aliphatic rings. The average Bonchev–Trinajstić information content (AvgIpc) is 2.65. The summed E-state index contributed by atoms with van der Waals surface area (Å²) in [5.74, 6) is 1.78. The van der Waals surface area contributed by atoms with Gasteiger partial charge in [-0.05, 0) is 38.0 Å². The first kappa shape index (κ1) is 17.9. The molecular weight excluding hydrogens is 326 g/mol. The summed E-state index contributed by atoms with van der Waals surface area (Å²) < 4.78 is 11.7. The fraction of sp³-hybridized carbons (Fsp3) is 0.238. The SMILES string of the molecule is CCOc1cc(CC(C)N)ccc1Oc1cc(-c2ccccc2)ncn1. The molecule has 134 valence electrons. The maximum absolute atomic E-state index is 5.98. The van der Waals surface area contributed by atoms with Crippen LogP contribution < -0.4 is 15.2 Å². The number of hydrogen-bond donors (Lipinski definition) is 1. The van der Waals surface area contributed by atoms with Crippen LogP contribution in [0.15, 0.2) is 60.9 Å². The van der Waals surface area contributed by atoms with Crippen LogP contribution in [0.2, 0.25) is 0 Å². The van der Waals surface area contributed by atoms with E-state index in [0.717, 1.165) is 23.2 Å². The molecule has 0 saturated heterocycles. The molecule has 1 unspecified atom stereocenters. The first-order chi connectivity index (χ1) is 12.7. The zero-order valence-corrected chi connectivity index (χ0v) is 15.1. The molecule has 2 aromatic carbocycles. The van der Waals surface area contributed by atoms with Gasteiger partial charge in [-0.3, -0.25) is 0 Å². The van der Waals surface area contributed by atoms with Crippen molar-refractivity contribution < 1.29 is 9.47 Å². The molecule has 0 amide bonds. The smallest absolute Gasteiger partial charge is 0.223 e. The Bertz CT molecular complexity index is 851. The summed E-state index contributed by atoms with van der Waals surface area (Å²) in [6, 6.07) is 17.7. The standard InChI is InChI=1S/C21H23N3O2/c1-3-25-20-12-16(11-15(2)22)9-10-19(20)26-21-13-18(23-14-24-21)17-7-5-4-6-8-17/h4-10,12-15H,3,11,22H2,1-2H3. The largest absolute Gasteiger partial charge is 0.490 e. The van der Waals surface area contributed by atoms with E-state index in [9.17, 15) is 0 Å². The molecule has 0 spiro atoms. The van der Waals surface area contributed by atoms with Crippen molar-refractivity contribution in [1.29, 1.82) is 0 Å². The van der Waals surface area contributed by atoms with Crippen LogP contribution in [-0.2, 0) is 6.42 Å².